The van der Waals surface area contributed by atoms with E-state index in [1.54, 1.807) is 0 Å². The fourth-order valence-electron chi connectivity index (χ4n) is 4.01. The maximum Gasteiger partial charge on any atom is 0.232 e. The van der Waals surface area contributed by atoms with Crippen molar-refractivity contribution in [1.82, 2.24) is 10.1 Å². The van der Waals surface area contributed by atoms with Crippen LogP contribution in [0.5, 0.6) is 0 Å². The molecule has 1 aromatic rings. The second-order valence-electron chi connectivity index (χ2n) is 8.01. The fourth-order valence-corrected chi connectivity index (χ4v) is 4.01. The van der Waals surface area contributed by atoms with E-state index in [1.165, 1.54) is 12.8 Å². The van der Waals surface area contributed by atoms with Gasteiger partial charge in [0.05, 0.1) is 12.0 Å². The Balaban J connectivity index is 1.63. The molecule has 2 fully saturated rings. The maximum absolute atomic E-state index is 9.96. The molecule has 1 N–H and O–H groups in total. The maximum atomic E-state index is 9.96. The predicted octanol–water partition coefficient (Wildman–Crippen LogP) is 4.02. The van der Waals surface area contributed by atoms with Crippen molar-refractivity contribution < 1.29 is 9.63 Å². The highest BCUT2D eigenvalue weighted by Gasteiger charge is 2.34. The number of nitrogens with zero attached hydrogens (tertiary/aromatic N) is 2. The van der Waals surface area contributed by atoms with Gasteiger partial charge in [-0.05, 0) is 56.3 Å². The summed E-state index contributed by atoms with van der Waals surface area (Å²) in [6, 6.07) is 0. The van der Waals surface area contributed by atoms with Crippen molar-refractivity contribution in [2.24, 2.45) is 11.3 Å². The van der Waals surface area contributed by atoms with E-state index in [0.29, 0.717) is 17.2 Å². The lowest BCUT2D eigenvalue weighted by Crippen LogP contribution is -2.25. The van der Waals surface area contributed by atoms with Crippen LogP contribution in [-0.4, -0.2) is 21.4 Å². The summed E-state index contributed by atoms with van der Waals surface area (Å²) in [5.41, 5.74) is 0.404. The smallest absolute Gasteiger partial charge is 0.232 e. The quantitative estimate of drug-likeness (QED) is 0.894. The molecule has 2 atom stereocenters. The van der Waals surface area contributed by atoms with Gasteiger partial charge < -0.3 is 9.63 Å². The molecule has 0 aromatic carbocycles. The van der Waals surface area contributed by atoms with Crippen molar-refractivity contribution >= 4 is 0 Å². The van der Waals surface area contributed by atoms with E-state index in [4.69, 9.17) is 4.52 Å². The van der Waals surface area contributed by atoms with Crippen LogP contribution in [0.2, 0.25) is 0 Å². The molecule has 0 spiro atoms. The first-order valence-electron chi connectivity index (χ1n) is 8.46. The van der Waals surface area contributed by atoms with Gasteiger partial charge in [-0.1, -0.05) is 25.9 Å². The molecule has 0 amide bonds. The standard InChI is InChI=1S/C17H28N2O2/c1-17(2,3)12-9-7-11(8-10-12)15-18-16(21-19-15)13-5-4-6-14(13)20/h11-14,20H,4-10H2,1-3H3. The van der Waals surface area contributed by atoms with Crippen LogP contribution in [0.4, 0.5) is 0 Å². The number of rotatable bonds is 2. The zero-order valence-corrected chi connectivity index (χ0v) is 13.5. The highest BCUT2D eigenvalue weighted by Crippen LogP contribution is 2.43. The number of aliphatic hydroxyl groups is 1. The van der Waals surface area contributed by atoms with Crippen LogP contribution in [0.3, 0.4) is 0 Å². The average molecular weight is 292 g/mol. The Morgan fingerprint density at radius 3 is 2.33 bits per heavy atom. The van der Waals surface area contributed by atoms with Gasteiger partial charge in [0, 0.05) is 5.92 Å². The molecule has 2 unspecified atom stereocenters. The van der Waals surface area contributed by atoms with Crippen molar-refractivity contribution in [2.45, 2.75) is 83.7 Å². The number of hydrogen-bond donors (Lipinski definition) is 1. The summed E-state index contributed by atoms with van der Waals surface area (Å²) in [5.74, 6) is 2.85. The summed E-state index contributed by atoms with van der Waals surface area (Å²) in [4.78, 5) is 4.62. The molecule has 21 heavy (non-hydrogen) atoms. The lowest BCUT2D eigenvalue weighted by molar-refractivity contribution is 0.147. The second kappa shape index (κ2) is 5.71. The molecule has 4 nitrogen and oxygen atoms in total. The molecule has 0 bridgehead atoms. The highest BCUT2D eigenvalue weighted by molar-refractivity contribution is 5.04. The minimum absolute atomic E-state index is 0.0668. The van der Waals surface area contributed by atoms with E-state index in [2.05, 4.69) is 30.9 Å². The van der Waals surface area contributed by atoms with E-state index < -0.39 is 0 Å². The molecule has 2 saturated carbocycles. The number of hydrogen-bond acceptors (Lipinski definition) is 4. The largest absolute Gasteiger partial charge is 0.392 e. The highest BCUT2D eigenvalue weighted by atomic mass is 16.5. The van der Waals surface area contributed by atoms with Gasteiger partial charge in [0.1, 0.15) is 0 Å². The van der Waals surface area contributed by atoms with Crippen LogP contribution in [0, 0.1) is 11.3 Å². The summed E-state index contributed by atoms with van der Waals surface area (Å²) < 4.78 is 5.45. The molecular formula is C17H28N2O2. The monoisotopic (exact) mass is 292 g/mol. The van der Waals surface area contributed by atoms with Gasteiger partial charge in [0.2, 0.25) is 5.89 Å². The Morgan fingerprint density at radius 2 is 1.76 bits per heavy atom. The summed E-state index contributed by atoms with van der Waals surface area (Å²) in [7, 11) is 0. The Hall–Kier alpha value is -0.900. The van der Waals surface area contributed by atoms with E-state index >= 15 is 0 Å². The molecule has 0 radical (unpaired) electrons. The zero-order valence-electron chi connectivity index (χ0n) is 13.5. The third-order valence-electron chi connectivity index (χ3n) is 5.57. The first-order valence-corrected chi connectivity index (χ1v) is 8.46. The molecule has 0 saturated heterocycles. The minimum Gasteiger partial charge on any atom is -0.392 e. The third-order valence-corrected chi connectivity index (χ3v) is 5.57. The van der Waals surface area contributed by atoms with Crippen LogP contribution in [0.15, 0.2) is 4.52 Å². The van der Waals surface area contributed by atoms with E-state index in [-0.39, 0.29) is 12.0 Å². The SMILES string of the molecule is CC(C)(C)C1CCC(c2noc(C3CCCC3O)n2)CC1. The van der Waals surface area contributed by atoms with Crippen molar-refractivity contribution in [2.75, 3.05) is 0 Å². The number of aromatic nitrogens is 2. The van der Waals surface area contributed by atoms with Gasteiger partial charge in [-0.25, -0.2) is 0 Å². The molecule has 2 aliphatic carbocycles. The Labute approximate surface area is 127 Å². The molecule has 1 heterocycles. The number of aliphatic hydroxyl groups excluding tert-OH is 1. The van der Waals surface area contributed by atoms with Crippen LogP contribution in [-0.2, 0) is 0 Å². The van der Waals surface area contributed by atoms with Crippen molar-refractivity contribution in [1.29, 1.82) is 0 Å². The lowest BCUT2D eigenvalue weighted by atomic mass is 9.70. The normalized spacial score (nSPS) is 34.3. The first-order chi connectivity index (χ1) is 9.95. The molecule has 118 valence electrons. The minimum atomic E-state index is -0.296. The van der Waals surface area contributed by atoms with Gasteiger partial charge >= 0.3 is 0 Å². The van der Waals surface area contributed by atoms with Crippen molar-refractivity contribution in [3.05, 3.63) is 11.7 Å². The topological polar surface area (TPSA) is 59.2 Å². The third kappa shape index (κ3) is 3.15. The fraction of sp³-hybridized carbons (Fsp3) is 0.882. The van der Waals surface area contributed by atoms with E-state index in [0.717, 1.165) is 43.8 Å². The van der Waals surface area contributed by atoms with Crippen LogP contribution in [0.1, 0.15) is 89.3 Å². The van der Waals surface area contributed by atoms with Crippen LogP contribution >= 0.6 is 0 Å². The van der Waals surface area contributed by atoms with E-state index in [1.807, 2.05) is 0 Å². The molecular weight excluding hydrogens is 264 g/mol. The second-order valence-corrected chi connectivity index (χ2v) is 8.01. The van der Waals surface area contributed by atoms with E-state index in [9.17, 15) is 5.11 Å². The first kappa shape index (κ1) is 15.0. The average Bonchev–Trinajstić information content (AvgIpc) is 3.06. The van der Waals surface area contributed by atoms with Crippen LogP contribution < -0.4 is 0 Å². The predicted molar refractivity (Wildman–Crippen MR) is 81.1 cm³/mol. The van der Waals surface area contributed by atoms with Gasteiger partial charge in [-0.2, -0.15) is 4.98 Å². The molecule has 0 aliphatic heterocycles. The summed E-state index contributed by atoms with van der Waals surface area (Å²) >= 11 is 0. The molecule has 4 heteroatoms. The summed E-state index contributed by atoms with van der Waals surface area (Å²) in [6.07, 6.45) is 7.42. The summed E-state index contributed by atoms with van der Waals surface area (Å²) in [5, 5.41) is 14.2. The molecule has 2 aliphatic rings. The lowest BCUT2D eigenvalue weighted by Gasteiger charge is -2.36. The van der Waals surface area contributed by atoms with Gasteiger partial charge in [0.15, 0.2) is 5.82 Å². The Morgan fingerprint density at radius 1 is 1.05 bits per heavy atom. The summed E-state index contributed by atoms with van der Waals surface area (Å²) in [6.45, 7) is 7.02. The van der Waals surface area contributed by atoms with Gasteiger partial charge in [0.25, 0.3) is 0 Å². The Kier molecular flexibility index (Phi) is 4.08. The van der Waals surface area contributed by atoms with Crippen molar-refractivity contribution in [3.63, 3.8) is 0 Å². The van der Waals surface area contributed by atoms with Crippen molar-refractivity contribution in [3.8, 4) is 0 Å². The Bertz CT molecular complexity index is 469. The zero-order chi connectivity index (χ0) is 15.0. The van der Waals surface area contributed by atoms with Crippen LogP contribution in [0.25, 0.3) is 0 Å². The van der Waals surface area contributed by atoms with Gasteiger partial charge in [-0.3, -0.25) is 0 Å². The van der Waals surface area contributed by atoms with Gasteiger partial charge in [-0.15, -0.1) is 0 Å². The molecule has 3 rings (SSSR count). The molecule has 1 aromatic heterocycles.